The summed E-state index contributed by atoms with van der Waals surface area (Å²) in [7, 11) is 0. The standard InChI is InChI=1S/C23H25Cl2F3N6O2/c1-22(2,36)12-34-11-16(20(25)32-34)21(35)29-14-4-3-7-33(10-14)31-18-9-19(23(26,27)28)30-17-6-5-13(24)8-15(17)18/h5-6,8-9,11,14,36H,3-4,7,10,12H2,1-2H3,(H,29,35)(H,30,31)/t14-/m1/s1. The molecule has 0 spiro atoms. The monoisotopic (exact) mass is 544 g/mol. The van der Waals surface area contributed by atoms with Crippen molar-refractivity contribution in [3.8, 4) is 0 Å². The lowest BCUT2D eigenvalue weighted by Gasteiger charge is -2.34. The van der Waals surface area contributed by atoms with E-state index in [0.717, 1.165) is 6.07 Å². The van der Waals surface area contributed by atoms with E-state index in [2.05, 4.69) is 20.8 Å². The fourth-order valence-electron chi connectivity index (χ4n) is 4.09. The first-order valence-corrected chi connectivity index (χ1v) is 12.0. The molecule has 0 aliphatic carbocycles. The zero-order chi connectivity index (χ0) is 26.3. The van der Waals surface area contributed by atoms with E-state index in [1.54, 1.807) is 24.9 Å². The third-order valence-corrected chi connectivity index (χ3v) is 6.12. The molecule has 13 heteroatoms. The van der Waals surface area contributed by atoms with Gasteiger partial charge in [-0.05, 0) is 51.0 Å². The number of benzene rings is 1. The first-order valence-electron chi connectivity index (χ1n) is 11.2. The number of hydrogen-bond donors (Lipinski definition) is 3. The highest BCUT2D eigenvalue weighted by Gasteiger charge is 2.34. The van der Waals surface area contributed by atoms with Gasteiger partial charge in [0.05, 0.1) is 28.9 Å². The molecule has 4 rings (SSSR count). The van der Waals surface area contributed by atoms with Gasteiger partial charge < -0.3 is 15.8 Å². The molecule has 1 fully saturated rings. The van der Waals surface area contributed by atoms with Crippen molar-refractivity contribution in [3.05, 3.63) is 51.9 Å². The number of aliphatic hydroxyl groups is 1. The van der Waals surface area contributed by atoms with Crippen molar-refractivity contribution in [2.24, 2.45) is 0 Å². The minimum Gasteiger partial charge on any atom is -0.389 e. The Labute approximate surface area is 215 Å². The number of aromatic nitrogens is 3. The number of nitrogens with one attached hydrogen (secondary N) is 2. The summed E-state index contributed by atoms with van der Waals surface area (Å²) in [6.45, 7) is 4.29. The number of nitrogens with zero attached hydrogens (tertiary/aromatic N) is 4. The number of amides is 1. The van der Waals surface area contributed by atoms with E-state index >= 15 is 0 Å². The van der Waals surface area contributed by atoms with Crippen LogP contribution >= 0.6 is 23.2 Å². The lowest BCUT2D eigenvalue weighted by Crippen LogP contribution is -2.49. The number of rotatable bonds is 6. The molecule has 1 aliphatic heterocycles. The van der Waals surface area contributed by atoms with Crippen molar-refractivity contribution in [1.29, 1.82) is 0 Å². The van der Waals surface area contributed by atoms with Crippen LogP contribution in [0.15, 0.2) is 30.5 Å². The van der Waals surface area contributed by atoms with Crippen LogP contribution < -0.4 is 10.7 Å². The molecule has 0 unspecified atom stereocenters. The van der Waals surface area contributed by atoms with Gasteiger partial charge in [0, 0.05) is 35.7 Å². The zero-order valence-corrected chi connectivity index (χ0v) is 21.0. The molecule has 1 saturated heterocycles. The number of pyridine rings is 1. The van der Waals surface area contributed by atoms with Gasteiger partial charge in [0.1, 0.15) is 5.69 Å². The Hall–Kier alpha value is -2.60. The fraction of sp³-hybridized carbons (Fsp3) is 0.435. The van der Waals surface area contributed by atoms with E-state index in [0.29, 0.717) is 36.3 Å². The second-order valence-electron chi connectivity index (χ2n) is 9.43. The highest BCUT2D eigenvalue weighted by atomic mass is 35.5. The highest BCUT2D eigenvalue weighted by molar-refractivity contribution is 6.32. The molecular formula is C23H25Cl2F3N6O2. The van der Waals surface area contributed by atoms with Gasteiger partial charge in [-0.1, -0.05) is 23.2 Å². The van der Waals surface area contributed by atoms with Crippen LogP contribution in [-0.4, -0.2) is 55.5 Å². The second kappa shape index (κ2) is 10.0. The summed E-state index contributed by atoms with van der Waals surface area (Å²) < 4.78 is 41.7. The van der Waals surface area contributed by atoms with Crippen molar-refractivity contribution in [3.63, 3.8) is 0 Å². The summed E-state index contributed by atoms with van der Waals surface area (Å²) in [5.41, 5.74) is 1.57. The predicted octanol–water partition coefficient (Wildman–Crippen LogP) is 4.75. The molecule has 194 valence electrons. The van der Waals surface area contributed by atoms with Gasteiger partial charge in [-0.3, -0.25) is 9.48 Å². The normalized spacial score (nSPS) is 17.4. The number of alkyl halides is 3. The van der Waals surface area contributed by atoms with E-state index in [4.69, 9.17) is 23.2 Å². The highest BCUT2D eigenvalue weighted by Crippen LogP contribution is 2.34. The van der Waals surface area contributed by atoms with Gasteiger partial charge in [0.2, 0.25) is 0 Å². The molecule has 8 nitrogen and oxygen atoms in total. The van der Waals surface area contributed by atoms with Crippen LogP contribution in [0, 0.1) is 0 Å². The van der Waals surface area contributed by atoms with Gasteiger partial charge in [-0.2, -0.15) is 18.3 Å². The fourth-order valence-corrected chi connectivity index (χ4v) is 4.50. The van der Waals surface area contributed by atoms with E-state index in [1.165, 1.54) is 23.0 Å². The SMILES string of the molecule is CC(C)(O)Cn1cc(C(=O)N[C@@H]2CCCN(Nc3cc(C(F)(F)F)nc4ccc(Cl)cc34)C2)c(Cl)n1. The number of fused-ring (bicyclic) bond motifs is 1. The maximum Gasteiger partial charge on any atom is 0.433 e. The van der Waals surface area contributed by atoms with Gasteiger partial charge in [-0.15, -0.1) is 0 Å². The predicted molar refractivity (Wildman–Crippen MR) is 131 cm³/mol. The first kappa shape index (κ1) is 26.5. The largest absolute Gasteiger partial charge is 0.433 e. The molecule has 3 aromatic rings. The molecule has 1 aromatic carbocycles. The Morgan fingerprint density at radius 2 is 2.00 bits per heavy atom. The molecule has 2 aromatic heterocycles. The minimum atomic E-state index is -4.61. The van der Waals surface area contributed by atoms with Crippen molar-refractivity contribution in [2.75, 3.05) is 18.5 Å². The smallest absolute Gasteiger partial charge is 0.389 e. The van der Waals surface area contributed by atoms with Crippen LogP contribution in [0.2, 0.25) is 10.2 Å². The Kier molecular flexibility index (Phi) is 7.38. The molecule has 0 radical (unpaired) electrons. The first-order chi connectivity index (χ1) is 16.8. The van der Waals surface area contributed by atoms with E-state index in [-0.39, 0.29) is 34.5 Å². The minimum absolute atomic E-state index is 0.0161. The van der Waals surface area contributed by atoms with Crippen LogP contribution in [0.1, 0.15) is 42.7 Å². The molecule has 1 aliphatic rings. The van der Waals surface area contributed by atoms with Crippen LogP contribution in [-0.2, 0) is 12.7 Å². The van der Waals surface area contributed by atoms with E-state index < -0.39 is 23.4 Å². The number of halogens is 5. The number of hydrazine groups is 1. The lowest BCUT2D eigenvalue weighted by molar-refractivity contribution is -0.140. The molecule has 1 atom stereocenters. The van der Waals surface area contributed by atoms with Crippen molar-refractivity contribution >= 4 is 45.7 Å². The van der Waals surface area contributed by atoms with Crippen LogP contribution in [0.5, 0.6) is 0 Å². The maximum absolute atomic E-state index is 13.4. The topological polar surface area (TPSA) is 95.3 Å². The summed E-state index contributed by atoms with van der Waals surface area (Å²) in [5.74, 6) is -0.422. The number of anilines is 1. The van der Waals surface area contributed by atoms with Gasteiger partial charge in [0.15, 0.2) is 5.15 Å². The zero-order valence-electron chi connectivity index (χ0n) is 19.5. The summed E-state index contributed by atoms with van der Waals surface area (Å²) in [5, 5.41) is 19.6. The Morgan fingerprint density at radius 1 is 1.25 bits per heavy atom. The average Bonchev–Trinajstić information content (AvgIpc) is 3.12. The third kappa shape index (κ3) is 6.39. The summed E-state index contributed by atoms with van der Waals surface area (Å²) in [6.07, 6.45) is -1.77. The number of piperidine rings is 1. The average molecular weight is 545 g/mol. The Bertz CT molecular complexity index is 1280. The summed E-state index contributed by atoms with van der Waals surface area (Å²) in [6, 6.07) is 5.16. The van der Waals surface area contributed by atoms with E-state index in [1.807, 2.05) is 0 Å². The molecule has 3 N–H and O–H groups in total. The second-order valence-corrected chi connectivity index (χ2v) is 10.2. The Morgan fingerprint density at radius 3 is 2.69 bits per heavy atom. The molecule has 0 bridgehead atoms. The molecule has 36 heavy (non-hydrogen) atoms. The Balaban J connectivity index is 1.49. The van der Waals surface area contributed by atoms with Gasteiger partial charge in [0.25, 0.3) is 5.91 Å². The molecule has 1 amide bonds. The quantitative estimate of drug-likeness (QED) is 0.414. The number of carbonyl (C=O) groups is 1. The third-order valence-electron chi connectivity index (χ3n) is 5.61. The molecular weight excluding hydrogens is 520 g/mol. The summed E-state index contributed by atoms with van der Waals surface area (Å²) in [4.78, 5) is 16.6. The van der Waals surface area contributed by atoms with Crippen molar-refractivity contribution < 1.29 is 23.1 Å². The van der Waals surface area contributed by atoms with Crippen LogP contribution in [0.3, 0.4) is 0 Å². The molecule has 3 heterocycles. The summed E-state index contributed by atoms with van der Waals surface area (Å²) >= 11 is 12.2. The van der Waals surface area contributed by atoms with Gasteiger partial charge >= 0.3 is 6.18 Å². The number of carbonyl (C=O) groups excluding carboxylic acids is 1. The lowest BCUT2D eigenvalue weighted by atomic mass is 10.1. The van der Waals surface area contributed by atoms with Gasteiger partial charge in [-0.25, -0.2) is 9.99 Å². The van der Waals surface area contributed by atoms with Crippen LogP contribution in [0.4, 0.5) is 18.9 Å². The van der Waals surface area contributed by atoms with E-state index in [9.17, 15) is 23.1 Å². The number of hydrogen-bond acceptors (Lipinski definition) is 6. The van der Waals surface area contributed by atoms with Crippen molar-refractivity contribution in [2.45, 2.75) is 51.1 Å². The van der Waals surface area contributed by atoms with Crippen molar-refractivity contribution in [1.82, 2.24) is 25.1 Å². The van der Waals surface area contributed by atoms with Crippen LogP contribution in [0.25, 0.3) is 10.9 Å². The maximum atomic E-state index is 13.4. The molecule has 0 saturated carbocycles.